The van der Waals surface area contributed by atoms with E-state index in [1.165, 1.54) is 134 Å². The van der Waals surface area contributed by atoms with Crippen molar-refractivity contribution in [1.82, 2.24) is 0 Å². The van der Waals surface area contributed by atoms with E-state index in [0.717, 1.165) is 26.4 Å². The third-order valence-corrected chi connectivity index (χ3v) is 5.92. The normalized spacial score (nSPS) is 11.3. The molecule has 180 valence electrons. The van der Waals surface area contributed by atoms with Crippen LogP contribution in [0.4, 0.5) is 0 Å². The van der Waals surface area contributed by atoms with E-state index in [9.17, 15) is 0 Å². The van der Waals surface area contributed by atoms with Gasteiger partial charge in [0, 0.05) is 26.4 Å². The molecule has 0 fully saturated rings. The van der Waals surface area contributed by atoms with Gasteiger partial charge in [-0.25, -0.2) is 0 Å². The van der Waals surface area contributed by atoms with Crippen molar-refractivity contribution >= 4 is 0 Å². The molecule has 30 heavy (non-hydrogen) atoms. The fraction of sp³-hybridized carbons (Fsp3) is 0.929. The van der Waals surface area contributed by atoms with Gasteiger partial charge in [0.05, 0.1) is 0 Å². The predicted molar refractivity (Wildman–Crippen MR) is 134 cm³/mol. The Balaban J connectivity index is 3.14. The van der Waals surface area contributed by atoms with Gasteiger partial charge in [0.1, 0.15) is 0 Å². The number of hydrogen-bond acceptors (Lipinski definition) is 2. The third-order valence-electron chi connectivity index (χ3n) is 5.92. The zero-order valence-electron chi connectivity index (χ0n) is 21.0. The van der Waals surface area contributed by atoms with Crippen molar-refractivity contribution in [2.45, 2.75) is 142 Å². The lowest BCUT2D eigenvalue weighted by Crippen LogP contribution is -1.96. The highest BCUT2D eigenvalue weighted by Gasteiger charge is 1.98. The van der Waals surface area contributed by atoms with Gasteiger partial charge in [0.25, 0.3) is 0 Å². The van der Waals surface area contributed by atoms with Gasteiger partial charge in [-0.1, -0.05) is 103 Å². The van der Waals surface area contributed by atoms with Crippen LogP contribution < -0.4 is 0 Å². The molecule has 0 N–H and O–H groups in total. The number of allylic oxidation sites excluding steroid dienone is 1. The van der Waals surface area contributed by atoms with Crippen LogP contribution in [-0.2, 0) is 9.47 Å². The van der Waals surface area contributed by atoms with Crippen molar-refractivity contribution < 1.29 is 9.47 Å². The molecular weight excluding hydrogens is 368 g/mol. The van der Waals surface area contributed by atoms with E-state index in [2.05, 4.69) is 20.4 Å². The van der Waals surface area contributed by atoms with Crippen LogP contribution in [-0.4, -0.2) is 26.4 Å². The Kier molecular flexibility index (Phi) is 26.4. The fourth-order valence-electron chi connectivity index (χ4n) is 3.75. The van der Waals surface area contributed by atoms with E-state index in [1.807, 2.05) is 0 Å². The van der Waals surface area contributed by atoms with Crippen LogP contribution in [0.3, 0.4) is 0 Å². The van der Waals surface area contributed by atoms with E-state index in [-0.39, 0.29) is 0 Å². The lowest BCUT2D eigenvalue weighted by molar-refractivity contribution is 0.127. The predicted octanol–water partition coefficient (Wildman–Crippen LogP) is 9.42. The quantitative estimate of drug-likeness (QED) is 0.102. The Labute approximate surface area is 190 Å². The van der Waals surface area contributed by atoms with Gasteiger partial charge in [-0.05, 0) is 51.4 Å². The molecule has 0 saturated heterocycles. The number of unbranched alkanes of at least 4 members (excludes halogenated alkanes) is 14. The number of hydrogen-bond donors (Lipinski definition) is 0. The van der Waals surface area contributed by atoms with Crippen LogP contribution >= 0.6 is 0 Å². The topological polar surface area (TPSA) is 18.5 Å². The van der Waals surface area contributed by atoms with Crippen LogP contribution in [0.15, 0.2) is 12.2 Å². The van der Waals surface area contributed by atoms with Gasteiger partial charge in [-0.15, -0.1) is 0 Å². The molecule has 0 rings (SSSR count). The molecule has 0 spiro atoms. The van der Waals surface area contributed by atoms with Crippen LogP contribution in [0, 0.1) is 0 Å². The average Bonchev–Trinajstić information content (AvgIpc) is 2.75. The summed E-state index contributed by atoms with van der Waals surface area (Å²) in [5, 5.41) is 0. The number of ether oxygens (including phenoxy) is 2. The molecule has 0 bridgehead atoms. The molecule has 0 unspecified atom stereocenters. The van der Waals surface area contributed by atoms with Gasteiger partial charge in [-0.3, -0.25) is 0 Å². The van der Waals surface area contributed by atoms with E-state index in [0.29, 0.717) is 0 Å². The van der Waals surface area contributed by atoms with Gasteiger partial charge >= 0.3 is 0 Å². The minimum Gasteiger partial charge on any atom is -0.381 e. The largest absolute Gasteiger partial charge is 0.381 e. The average molecular weight is 425 g/mol. The minimum atomic E-state index is 0.954. The second kappa shape index (κ2) is 26.7. The van der Waals surface area contributed by atoms with Crippen molar-refractivity contribution in [3.63, 3.8) is 0 Å². The summed E-state index contributed by atoms with van der Waals surface area (Å²) in [6.07, 6.45) is 26.4. The van der Waals surface area contributed by atoms with Crippen LogP contribution in [0.2, 0.25) is 0 Å². The molecule has 0 aromatic rings. The summed E-state index contributed by atoms with van der Waals surface area (Å²) in [5.74, 6) is 0. The van der Waals surface area contributed by atoms with Crippen LogP contribution in [0.25, 0.3) is 0 Å². The summed E-state index contributed by atoms with van der Waals surface area (Å²) in [6, 6.07) is 0. The molecule has 0 heterocycles. The van der Waals surface area contributed by atoms with Crippen molar-refractivity contribution in [2.75, 3.05) is 26.4 Å². The summed E-state index contributed by atoms with van der Waals surface area (Å²) in [7, 11) is 0. The minimum absolute atomic E-state index is 0.954. The van der Waals surface area contributed by atoms with E-state index in [4.69, 9.17) is 9.47 Å². The first-order chi connectivity index (χ1) is 14.8. The van der Waals surface area contributed by atoms with E-state index in [1.54, 1.807) is 0 Å². The van der Waals surface area contributed by atoms with Gasteiger partial charge in [-0.2, -0.15) is 0 Å². The molecule has 0 aliphatic carbocycles. The highest BCUT2D eigenvalue weighted by atomic mass is 16.5. The molecule has 0 atom stereocenters. The summed E-state index contributed by atoms with van der Waals surface area (Å²) in [6.45, 7) is 12.6. The SMILES string of the molecule is C=C(CCCCCCCCCOCCCC)CCCCCCCCCOCCCC. The summed E-state index contributed by atoms with van der Waals surface area (Å²) in [5.41, 5.74) is 1.49. The van der Waals surface area contributed by atoms with E-state index >= 15 is 0 Å². The van der Waals surface area contributed by atoms with Crippen molar-refractivity contribution in [3.05, 3.63) is 12.2 Å². The van der Waals surface area contributed by atoms with Crippen molar-refractivity contribution in [2.24, 2.45) is 0 Å². The Bertz CT molecular complexity index is 297. The Morgan fingerprint density at radius 3 is 1.10 bits per heavy atom. The first kappa shape index (κ1) is 29.7. The Morgan fingerprint density at radius 1 is 0.433 bits per heavy atom. The Morgan fingerprint density at radius 2 is 0.733 bits per heavy atom. The lowest BCUT2D eigenvalue weighted by atomic mass is 10.0. The molecule has 0 aliphatic rings. The standard InChI is InChI=1S/C28H56O2/c1-4-6-24-29-26-20-16-12-8-10-14-18-22-28(3)23-19-15-11-9-13-17-21-27-30-25-7-5-2/h3-27H2,1-2H3. The van der Waals surface area contributed by atoms with Gasteiger partial charge < -0.3 is 9.47 Å². The summed E-state index contributed by atoms with van der Waals surface area (Å²) >= 11 is 0. The smallest absolute Gasteiger partial charge is 0.0466 e. The highest BCUT2D eigenvalue weighted by Crippen LogP contribution is 2.17. The van der Waals surface area contributed by atoms with Gasteiger partial charge in [0.15, 0.2) is 0 Å². The first-order valence-electron chi connectivity index (χ1n) is 13.6. The second-order valence-electron chi connectivity index (χ2n) is 9.13. The van der Waals surface area contributed by atoms with Crippen molar-refractivity contribution in [1.29, 1.82) is 0 Å². The molecule has 0 aliphatic heterocycles. The maximum Gasteiger partial charge on any atom is 0.0466 e. The maximum atomic E-state index is 5.62. The Hall–Kier alpha value is -0.340. The third kappa shape index (κ3) is 25.7. The monoisotopic (exact) mass is 424 g/mol. The van der Waals surface area contributed by atoms with Crippen LogP contribution in [0.1, 0.15) is 142 Å². The fourth-order valence-corrected chi connectivity index (χ4v) is 3.75. The summed E-state index contributed by atoms with van der Waals surface area (Å²) < 4.78 is 11.2. The molecular formula is C28H56O2. The lowest BCUT2D eigenvalue weighted by Gasteiger charge is -2.07. The number of rotatable bonds is 26. The van der Waals surface area contributed by atoms with Gasteiger partial charge in [0.2, 0.25) is 0 Å². The van der Waals surface area contributed by atoms with Crippen LogP contribution in [0.5, 0.6) is 0 Å². The zero-order valence-corrected chi connectivity index (χ0v) is 21.0. The molecule has 0 aromatic carbocycles. The molecule has 0 saturated carbocycles. The summed E-state index contributed by atoms with van der Waals surface area (Å²) in [4.78, 5) is 0. The maximum absolute atomic E-state index is 5.62. The zero-order chi connectivity index (χ0) is 22.0. The molecule has 0 radical (unpaired) electrons. The highest BCUT2D eigenvalue weighted by molar-refractivity contribution is 4.93. The molecule has 0 amide bonds. The second-order valence-corrected chi connectivity index (χ2v) is 9.13. The molecule has 0 aromatic heterocycles. The molecule has 2 heteroatoms. The molecule has 2 nitrogen and oxygen atoms in total. The van der Waals surface area contributed by atoms with Crippen molar-refractivity contribution in [3.8, 4) is 0 Å². The first-order valence-corrected chi connectivity index (χ1v) is 13.6. The van der Waals surface area contributed by atoms with E-state index < -0.39 is 0 Å².